The molecule has 1 spiro atoms. The van der Waals surface area contributed by atoms with Gasteiger partial charge in [-0.3, -0.25) is 14.5 Å². The number of aliphatic hydroxyl groups is 1. The van der Waals surface area contributed by atoms with Gasteiger partial charge >= 0.3 is 0 Å². The minimum Gasteiger partial charge on any atom is -0.508 e. The van der Waals surface area contributed by atoms with E-state index in [-0.39, 0.29) is 17.6 Å². The summed E-state index contributed by atoms with van der Waals surface area (Å²) in [6.45, 7) is 4.83. The molecule has 1 aliphatic carbocycles. The van der Waals surface area contributed by atoms with Crippen molar-refractivity contribution in [3.8, 4) is 23.0 Å². The zero-order valence-corrected chi connectivity index (χ0v) is 24.9. The average Bonchev–Trinajstić information content (AvgIpc) is 2.99. The Balaban J connectivity index is 1.21. The second-order valence-corrected chi connectivity index (χ2v) is 12.2. The lowest BCUT2D eigenvalue weighted by molar-refractivity contribution is -0.163. The predicted molar refractivity (Wildman–Crippen MR) is 160 cm³/mol. The molecule has 2 aliphatic heterocycles. The smallest absolute Gasteiger partial charge is 0.246 e. The van der Waals surface area contributed by atoms with Crippen molar-refractivity contribution in [3.63, 3.8) is 0 Å². The molecule has 0 aromatic heterocycles. The quantitative estimate of drug-likeness (QED) is 0.373. The van der Waals surface area contributed by atoms with E-state index in [0.717, 1.165) is 44.2 Å². The lowest BCUT2D eigenvalue weighted by Crippen LogP contribution is -2.73. The maximum absolute atomic E-state index is 13.8. The highest BCUT2D eigenvalue weighted by molar-refractivity contribution is 6.00. The number of unbranched alkanes of at least 4 members (excludes halogenated alkanes) is 1. The molecule has 9 nitrogen and oxygen atoms in total. The largest absolute Gasteiger partial charge is 0.508 e. The summed E-state index contributed by atoms with van der Waals surface area (Å²) in [7, 11) is 1.53. The van der Waals surface area contributed by atoms with Gasteiger partial charge in [-0.25, -0.2) is 0 Å². The first-order valence-electron chi connectivity index (χ1n) is 15.5. The molecule has 0 unspecified atom stereocenters. The number of methoxy groups -OCH3 is 1. The number of phenols is 1. The number of nitrogens with one attached hydrogen (secondary N) is 1. The van der Waals surface area contributed by atoms with E-state index in [1.54, 1.807) is 12.1 Å². The van der Waals surface area contributed by atoms with Crippen molar-refractivity contribution in [1.29, 1.82) is 0 Å². The number of amides is 2. The number of hydrogen-bond donors (Lipinski definition) is 3. The number of piperidine rings is 1. The summed E-state index contributed by atoms with van der Waals surface area (Å²) in [6.07, 6.45) is 7.72. The minimum atomic E-state index is -0.868. The first-order valence-corrected chi connectivity index (χ1v) is 15.5. The van der Waals surface area contributed by atoms with Crippen LogP contribution in [0.25, 0.3) is 0 Å². The fourth-order valence-electron chi connectivity index (χ4n) is 6.82. The van der Waals surface area contributed by atoms with Gasteiger partial charge in [-0.1, -0.05) is 44.7 Å². The van der Waals surface area contributed by atoms with Gasteiger partial charge in [0, 0.05) is 38.7 Å². The van der Waals surface area contributed by atoms with Crippen molar-refractivity contribution < 1.29 is 29.3 Å². The van der Waals surface area contributed by atoms with Gasteiger partial charge in [-0.05, 0) is 61.9 Å². The zero-order valence-electron chi connectivity index (χ0n) is 24.9. The van der Waals surface area contributed by atoms with E-state index in [0.29, 0.717) is 69.0 Å². The monoisotopic (exact) mass is 579 g/mol. The Morgan fingerprint density at radius 2 is 1.69 bits per heavy atom. The predicted octanol–water partition coefficient (Wildman–Crippen LogP) is 4.74. The molecule has 42 heavy (non-hydrogen) atoms. The molecule has 2 aromatic rings. The standard InChI is InChI=1S/C33H45N3O6/c1-3-4-18-36-30(38)27(22-32(40)14-6-5-7-15-32)34-31(39)33(36)16-19-35(20-17-33)23-24-8-11-26(12-9-24)42-28-13-10-25(37)21-29(28)41-2/h8-13,21,27,37,40H,3-7,14-20,22-23H2,1-2H3,(H,34,39)/t27-/m1/s1. The number of rotatable bonds is 10. The van der Waals surface area contributed by atoms with Gasteiger partial charge in [0.1, 0.15) is 23.1 Å². The molecule has 3 N–H and O–H groups in total. The van der Waals surface area contributed by atoms with E-state index in [1.165, 1.54) is 13.2 Å². The second-order valence-electron chi connectivity index (χ2n) is 12.2. The van der Waals surface area contributed by atoms with Crippen LogP contribution in [0.3, 0.4) is 0 Å². The first-order chi connectivity index (χ1) is 20.2. The lowest BCUT2D eigenvalue weighted by atomic mass is 9.77. The molecule has 2 amide bonds. The van der Waals surface area contributed by atoms with Crippen LogP contribution in [0.15, 0.2) is 42.5 Å². The molecule has 0 radical (unpaired) electrons. The van der Waals surface area contributed by atoms with Crippen molar-refractivity contribution in [1.82, 2.24) is 15.1 Å². The number of phenolic OH excluding ortho intramolecular Hbond substituents is 1. The van der Waals surface area contributed by atoms with Crippen molar-refractivity contribution in [2.75, 3.05) is 26.7 Å². The second kappa shape index (κ2) is 12.9. The van der Waals surface area contributed by atoms with Crippen LogP contribution in [-0.4, -0.2) is 75.8 Å². The lowest BCUT2D eigenvalue weighted by Gasteiger charge is -2.52. The summed E-state index contributed by atoms with van der Waals surface area (Å²) in [5.74, 6) is 1.66. The molecule has 0 bridgehead atoms. The summed E-state index contributed by atoms with van der Waals surface area (Å²) in [5, 5.41) is 23.9. The van der Waals surface area contributed by atoms with Crippen molar-refractivity contribution in [3.05, 3.63) is 48.0 Å². The molecule has 1 atom stereocenters. The van der Waals surface area contributed by atoms with Gasteiger partial charge in [0.15, 0.2) is 11.5 Å². The highest BCUT2D eigenvalue weighted by Gasteiger charge is 2.54. The third-order valence-corrected chi connectivity index (χ3v) is 9.30. The number of nitrogens with zero attached hydrogens (tertiary/aromatic N) is 2. The Labute approximate surface area is 248 Å². The van der Waals surface area contributed by atoms with Gasteiger partial charge < -0.3 is 29.9 Å². The molecule has 1 saturated carbocycles. The van der Waals surface area contributed by atoms with E-state index in [4.69, 9.17) is 9.47 Å². The number of carbonyl (C=O) groups excluding carboxylic acids is 2. The van der Waals surface area contributed by atoms with Crippen molar-refractivity contribution in [2.45, 2.75) is 94.9 Å². The molecule has 5 rings (SSSR count). The van der Waals surface area contributed by atoms with E-state index < -0.39 is 17.2 Å². The van der Waals surface area contributed by atoms with Gasteiger partial charge in [0.2, 0.25) is 11.8 Å². The maximum atomic E-state index is 13.8. The van der Waals surface area contributed by atoms with E-state index in [1.807, 2.05) is 29.2 Å². The minimum absolute atomic E-state index is 0.0312. The molecule has 3 aliphatic rings. The van der Waals surface area contributed by atoms with E-state index in [9.17, 15) is 19.8 Å². The summed E-state index contributed by atoms with van der Waals surface area (Å²) in [4.78, 5) is 31.7. The third kappa shape index (κ3) is 6.52. The number of likely N-dealkylation sites (tertiary alicyclic amines) is 1. The van der Waals surface area contributed by atoms with Crippen LogP contribution in [-0.2, 0) is 16.1 Å². The summed E-state index contributed by atoms with van der Waals surface area (Å²) in [5.41, 5.74) is -0.564. The number of ether oxygens (including phenoxy) is 2. The van der Waals surface area contributed by atoms with E-state index >= 15 is 0 Å². The Hall–Kier alpha value is -3.30. The summed E-state index contributed by atoms with van der Waals surface area (Å²) < 4.78 is 11.3. The summed E-state index contributed by atoms with van der Waals surface area (Å²) in [6, 6.07) is 12.0. The fourth-order valence-corrected chi connectivity index (χ4v) is 6.82. The molecular weight excluding hydrogens is 534 g/mol. The Morgan fingerprint density at radius 3 is 2.36 bits per heavy atom. The van der Waals surface area contributed by atoms with Crippen molar-refractivity contribution >= 4 is 11.8 Å². The number of piperazine rings is 1. The molecule has 3 fully saturated rings. The Morgan fingerprint density at radius 1 is 0.976 bits per heavy atom. The van der Waals surface area contributed by atoms with Gasteiger partial charge in [-0.15, -0.1) is 0 Å². The highest BCUT2D eigenvalue weighted by Crippen LogP contribution is 2.38. The number of carbonyl (C=O) groups is 2. The first kappa shape index (κ1) is 30.2. The van der Waals surface area contributed by atoms with Gasteiger partial charge in [-0.2, -0.15) is 0 Å². The molecular formula is C33H45N3O6. The molecule has 228 valence electrons. The van der Waals surface area contributed by atoms with Gasteiger partial charge in [0.25, 0.3) is 0 Å². The van der Waals surface area contributed by atoms with Crippen LogP contribution in [0.5, 0.6) is 23.0 Å². The number of aromatic hydroxyl groups is 1. The Bertz CT molecular complexity index is 1230. The normalized spacial score (nSPS) is 22.2. The maximum Gasteiger partial charge on any atom is 0.246 e. The van der Waals surface area contributed by atoms with Crippen molar-refractivity contribution in [2.24, 2.45) is 0 Å². The van der Waals surface area contributed by atoms with Crippen LogP contribution in [0.4, 0.5) is 0 Å². The van der Waals surface area contributed by atoms with Crippen LogP contribution in [0, 0.1) is 0 Å². The van der Waals surface area contributed by atoms with Crippen LogP contribution in [0.1, 0.15) is 76.7 Å². The van der Waals surface area contributed by atoms with E-state index in [2.05, 4.69) is 17.1 Å². The SMILES string of the molecule is CCCCN1C(=O)[C@@H](CC2(O)CCCCC2)NC(=O)C12CCN(Cc1ccc(Oc3ccc(O)cc3OC)cc1)CC2. The third-order valence-electron chi connectivity index (χ3n) is 9.30. The van der Waals surface area contributed by atoms with Crippen LogP contribution >= 0.6 is 0 Å². The van der Waals surface area contributed by atoms with Crippen LogP contribution in [0.2, 0.25) is 0 Å². The molecule has 2 saturated heterocycles. The molecule has 2 heterocycles. The highest BCUT2D eigenvalue weighted by atomic mass is 16.5. The topological polar surface area (TPSA) is 112 Å². The summed E-state index contributed by atoms with van der Waals surface area (Å²) >= 11 is 0. The average molecular weight is 580 g/mol. The fraction of sp³-hybridized carbons (Fsp3) is 0.576. The Kier molecular flexibility index (Phi) is 9.28. The van der Waals surface area contributed by atoms with Gasteiger partial charge in [0.05, 0.1) is 12.7 Å². The number of hydrogen-bond acceptors (Lipinski definition) is 7. The number of benzene rings is 2. The molecule has 9 heteroatoms. The van der Waals surface area contributed by atoms with Crippen LogP contribution < -0.4 is 14.8 Å². The molecule has 2 aromatic carbocycles. The zero-order chi connectivity index (χ0) is 29.7.